The van der Waals surface area contributed by atoms with Crippen LogP contribution in [0.25, 0.3) is 17.1 Å². The summed E-state index contributed by atoms with van der Waals surface area (Å²) in [5.41, 5.74) is 0.178. The fourth-order valence-corrected chi connectivity index (χ4v) is 5.20. The van der Waals surface area contributed by atoms with Gasteiger partial charge in [0.1, 0.15) is 17.2 Å². The summed E-state index contributed by atoms with van der Waals surface area (Å²) in [5, 5.41) is 11.4. The molecule has 0 aliphatic heterocycles. The van der Waals surface area contributed by atoms with Crippen LogP contribution in [0.3, 0.4) is 0 Å². The van der Waals surface area contributed by atoms with E-state index in [-0.39, 0.29) is 27.9 Å². The number of hydrogen-bond donors (Lipinski definition) is 1. The summed E-state index contributed by atoms with van der Waals surface area (Å²) in [6.07, 6.45) is 3.07. The zero-order valence-electron chi connectivity index (χ0n) is 18.9. The fraction of sp³-hybridized carbons (Fsp3) is 0.125. The van der Waals surface area contributed by atoms with Crippen molar-refractivity contribution in [2.24, 2.45) is 0 Å². The molecule has 0 spiro atoms. The van der Waals surface area contributed by atoms with Gasteiger partial charge < -0.3 is 14.6 Å². The first-order valence-corrected chi connectivity index (χ1v) is 12.5. The quantitative estimate of drug-likeness (QED) is 0.378. The lowest BCUT2D eigenvalue weighted by Gasteiger charge is -2.21. The predicted octanol–water partition coefficient (Wildman–Crippen LogP) is 3.92. The van der Waals surface area contributed by atoms with E-state index in [9.17, 15) is 18.3 Å². The largest absolute Gasteiger partial charge is 0.494 e. The van der Waals surface area contributed by atoms with Gasteiger partial charge in [-0.3, -0.25) is 14.3 Å². The van der Waals surface area contributed by atoms with Crippen molar-refractivity contribution in [3.63, 3.8) is 0 Å². The Kier molecular flexibility index (Phi) is 6.64. The SMILES string of the molecule is COc1cccc(OC)c1-n1c(-c2cncc(C)c2)nc(=O)c(S(=O)(=O)c2ccc(Br)cc2)c1O. The van der Waals surface area contributed by atoms with Crippen LogP contribution in [-0.2, 0) is 9.84 Å². The molecule has 0 bridgehead atoms. The van der Waals surface area contributed by atoms with E-state index in [0.29, 0.717) is 10.0 Å². The number of methoxy groups -OCH3 is 2. The lowest BCUT2D eigenvalue weighted by atomic mass is 10.2. The maximum atomic E-state index is 13.5. The topological polar surface area (TPSA) is 121 Å². The Morgan fingerprint density at radius 2 is 1.63 bits per heavy atom. The zero-order valence-corrected chi connectivity index (χ0v) is 21.3. The summed E-state index contributed by atoms with van der Waals surface area (Å²) in [6.45, 7) is 1.80. The molecule has 4 aromatic rings. The normalized spacial score (nSPS) is 11.3. The molecule has 11 heteroatoms. The molecule has 2 aromatic carbocycles. The Morgan fingerprint density at radius 3 is 2.20 bits per heavy atom. The molecule has 9 nitrogen and oxygen atoms in total. The van der Waals surface area contributed by atoms with E-state index < -0.39 is 26.2 Å². The standard InChI is InChI=1S/C24H20BrN3O6S/c1-14-11-15(13-26-12-14)22-27-23(29)21(35(31,32)17-9-7-16(25)8-10-17)24(30)28(22)20-18(33-2)5-4-6-19(20)34-3/h4-13,30H,1-3H3. The Bertz CT molecular complexity index is 1560. The first-order chi connectivity index (χ1) is 16.7. The van der Waals surface area contributed by atoms with Crippen molar-refractivity contribution in [3.05, 3.63) is 81.3 Å². The van der Waals surface area contributed by atoms with Gasteiger partial charge in [-0.05, 0) is 55.0 Å². The van der Waals surface area contributed by atoms with Crippen molar-refractivity contribution in [2.45, 2.75) is 16.7 Å². The van der Waals surface area contributed by atoms with E-state index in [2.05, 4.69) is 25.9 Å². The number of benzene rings is 2. The van der Waals surface area contributed by atoms with Gasteiger partial charge in [0.15, 0.2) is 10.7 Å². The van der Waals surface area contributed by atoms with Gasteiger partial charge in [-0.15, -0.1) is 0 Å². The molecule has 0 amide bonds. The third kappa shape index (κ3) is 4.40. The number of hydrogen-bond acceptors (Lipinski definition) is 8. The summed E-state index contributed by atoms with van der Waals surface area (Å²) in [7, 11) is -1.63. The van der Waals surface area contributed by atoms with Gasteiger partial charge in [0.05, 0.1) is 19.1 Å². The number of nitrogens with zero attached hydrogens (tertiary/aromatic N) is 3. The van der Waals surface area contributed by atoms with Gasteiger partial charge in [0.2, 0.25) is 15.7 Å². The number of ether oxygens (including phenoxy) is 2. The fourth-order valence-electron chi connectivity index (χ4n) is 3.60. The number of aromatic hydroxyl groups is 1. The highest BCUT2D eigenvalue weighted by atomic mass is 79.9. The minimum atomic E-state index is -4.46. The highest BCUT2D eigenvalue weighted by Gasteiger charge is 2.32. The summed E-state index contributed by atoms with van der Waals surface area (Å²) in [4.78, 5) is 20.3. The van der Waals surface area contributed by atoms with Crippen LogP contribution in [0.15, 0.2) is 80.0 Å². The molecule has 0 atom stereocenters. The van der Waals surface area contributed by atoms with Crippen molar-refractivity contribution >= 4 is 25.8 Å². The van der Waals surface area contributed by atoms with Gasteiger partial charge in [-0.1, -0.05) is 22.0 Å². The molecule has 0 aliphatic carbocycles. The van der Waals surface area contributed by atoms with Gasteiger partial charge in [-0.25, -0.2) is 8.42 Å². The molecule has 35 heavy (non-hydrogen) atoms. The molecule has 0 saturated heterocycles. The second kappa shape index (κ2) is 9.51. The Hall–Kier alpha value is -3.70. The van der Waals surface area contributed by atoms with Crippen molar-refractivity contribution in [1.82, 2.24) is 14.5 Å². The summed E-state index contributed by atoms with van der Waals surface area (Å²) in [6, 6.07) is 12.3. The van der Waals surface area contributed by atoms with Crippen LogP contribution in [0.1, 0.15) is 5.56 Å². The van der Waals surface area contributed by atoms with E-state index >= 15 is 0 Å². The van der Waals surface area contributed by atoms with Crippen LogP contribution in [-0.4, -0.2) is 42.3 Å². The number of halogens is 1. The van der Waals surface area contributed by atoms with Crippen LogP contribution < -0.4 is 15.0 Å². The monoisotopic (exact) mass is 557 g/mol. The molecule has 0 saturated carbocycles. The third-order valence-corrected chi connectivity index (χ3v) is 7.50. The zero-order chi connectivity index (χ0) is 25.3. The van der Waals surface area contributed by atoms with Crippen LogP contribution >= 0.6 is 15.9 Å². The van der Waals surface area contributed by atoms with Crippen LogP contribution in [0, 0.1) is 6.92 Å². The Balaban J connectivity index is 2.15. The smallest absolute Gasteiger partial charge is 0.296 e. The first kappa shape index (κ1) is 24.4. The molecule has 0 radical (unpaired) electrons. The van der Waals surface area contributed by atoms with Crippen molar-refractivity contribution in [3.8, 4) is 34.5 Å². The maximum Gasteiger partial charge on any atom is 0.296 e. The van der Waals surface area contributed by atoms with Crippen molar-refractivity contribution in [2.75, 3.05) is 14.2 Å². The molecule has 4 rings (SSSR count). The van der Waals surface area contributed by atoms with Gasteiger partial charge in [-0.2, -0.15) is 4.98 Å². The molecule has 0 unspecified atom stereocenters. The second-order valence-corrected chi connectivity index (χ2v) is 10.3. The van der Waals surface area contributed by atoms with Crippen LogP contribution in [0.4, 0.5) is 0 Å². The van der Waals surface area contributed by atoms with Gasteiger partial charge >= 0.3 is 0 Å². The number of aryl methyl sites for hydroxylation is 1. The average molecular weight is 558 g/mol. The molecule has 0 aliphatic rings. The van der Waals surface area contributed by atoms with Crippen LogP contribution in [0.5, 0.6) is 17.4 Å². The van der Waals surface area contributed by atoms with Crippen molar-refractivity contribution < 1.29 is 23.0 Å². The minimum absolute atomic E-state index is 0.0405. The average Bonchev–Trinajstić information content (AvgIpc) is 2.83. The van der Waals surface area contributed by atoms with E-state index in [0.717, 1.165) is 10.1 Å². The maximum absolute atomic E-state index is 13.5. The number of pyridine rings is 1. The summed E-state index contributed by atoms with van der Waals surface area (Å²) in [5.74, 6) is -0.383. The lowest BCUT2D eigenvalue weighted by molar-refractivity contribution is 0.378. The molecule has 0 fully saturated rings. The highest BCUT2D eigenvalue weighted by Crippen LogP contribution is 2.40. The lowest BCUT2D eigenvalue weighted by Crippen LogP contribution is -2.23. The van der Waals surface area contributed by atoms with Gasteiger partial charge in [0, 0.05) is 22.4 Å². The Morgan fingerprint density at radius 1 is 1.00 bits per heavy atom. The molecular formula is C24H20BrN3O6S. The molecule has 180 valence electrons. The number of aromatic nitrogens is 3. The van der Waals surface area contributed by atoms with Gasteiger partial charge in [0.25, 0.3) is 5.56 Å². The van der Waals surface area contributed by atoms with E-state index in [1.165, 1.54) is 44.7 Å². The molecular weight excluding hydrogens is 538 g/mol. The number of rotatable bonds is 6. The van der Waals surface area contributed by atoms with Crippen molar-refractivity contribution in [1.29, 1.82) is 0 Å². The molecule has 2 heterocycles. The summed E-state index contributed by atoms with van der Waals surface area (Å²) < 4.78 is 39.7. The second-order valence-electron chi connectivity index (χ2n) is 7.45. The Labute approximate surface area is 209 Å². The number of sulfone groups is 1. The van der Waals surface area contributed by atoms with Crippen LogP contribution in [0.2, 0.25) is 0 Å². The van der Waals surface area contributed by atoms with E-state index in [1.807, 2.05) is 0 Å². The summed E-state index contributed by atoms with van der Waals surface area (Å²) >= 11 is 3.26. The number of para-hydroxylation sites is 1. The predicted molar refractivity (Wildman–Crippen MR) is 132 cm³/mol. The molecule has 2 aromatic heterocycles. The first-order valence-electron chi connectivity index (χ1n) is 10.2. The van der Waals surface area contributed by atoms with E-state index in [4.69, 9.17) is 9.47 Å². The third-order valence-electron chi connectivity index (χ3n) is 5.18. The van der Waals surface area contributed by atoms with E-state index in [1.54, 1.807) is 37.4 Å². The molecule has 1 N–H and O–H groups in total. The highest BCUT2D eigenvalue weighted by molar-refractivity contribution is 9.10. The minimum Gasteiger partial charge on any atom is -0.494 e.